The van der Waals surface area contributed by atoms with Gasteiger partial charge in [0.05, 0.1) is 12.5 Å². The Bertz CT molecular complexity index is 695. The maximum Gasteiger partial charge on any atom is 0.303 e. The summed E-state index contributed by atoms with van der Waals surface area (Å²) in [6.07, 6.45) is 19.5. The second kappa shape index (κ2) is 17.5. The van der Waals surface area contributed by atoms with Crippen LogP contribution >= 0.6 is 0 Å². The van der Waals surface area contributed by atoms with E-state index in [0.717, 1.165) is 25.7 Å². The molecular formula is C29H50N2O5. The zero-order chi connectivity index (χ0) is 26.2. The summed E-state index contributed by atoms with van der Waals surface area (Å²) in [6, 6.07) is -0.997. The lowest BCUT2D eigenvalue weighted by atomic mass is 10.0. The highest BCUT2D eigenvalue weighted by Crippen LogP contribution is 2.27. The SMILES string of the molecule is CCCCCCCCCCCCCCCC(=O)N1CCC[C@H]1C(=O)N1CCC[C@H]1C(=O)CCC(=O)O. The summed E-state index contributed by atoms with van der Waals surface area (Å²) in [5.74, 6) is -1.25. The molecule has 2 amide bonds. The second-order valence-electron chi connectivity index (χ2n) is 10.8. The van der Waals surface area contributed by atoms with Crippen LogP contribution in [0, 0.1) is 0 Å². The van der Waals surface area contributed by atoms with Crippen LogP contribution in [0.2, 0.25) is 0 Å². The van der Waals surface area contributed by atoms with Crippen molar-refractivity contribution in [1.82, 2.24) is 9.80 Å². The number of likely N-dealkylation sites (tertiary alicyclic amines) is 2. The van der Waals surface area contributed by atoms with Gasteiger partial charge in [-0.2, -0.15) is 0 Å². The third-order valence-corrected chi connectivity index (χ3v) is 7.85. The second-order valence-corrected chi connectivity index (χ2v) is 10.8. The minimum atomic E-state index is -1.00. The van der Waals surface area contributed by atoms with Gasteiger partial charge in [-0.1, -0.05) is 84.0 Å². The fourth-order valence-electron chi connectivity index (χ4n) is 5.71. The largest absolute Gasteiger partial charge is 0.481 e. The molecule has 1 N–H and O–H groups in total. The number of carbonyl (C=O) groups excluding carboxylic acids is 3. The number of amides is 2. The van der Waals surface area contributed by atoms with Gasteiger partial charge in [0.15, 0.2) is 5.78 Å². The summed E-state index contributed by atoms with van der Waals surface area (Å²) >= 11 is 0. The highest BCUT2D eigenvalue weighted by atomic mass is 16.4. The van der Waals surface area contributed by atoms with Crippen LogP contribution in [-0.4, -0.2) is 63.6 Å². The Morgan fingerprint density at radius 1 is 0.639 bits per heavy atom. The Morgan fingerprint density at radius 3 is 1.69 bits per heavy atom. The van der Waals surface area contributed by atoms with Gasteiger partial charge >= 0.3 is 5.97 Å². The van der Waals surface area contributed by atoms with Crippen molar-refractivity contribution in [2.45, 2.75) is 147 Å². The summed E-state index contributed by atoms with van der Waals surface area (Å²) in [4.78, 5) is 52.8. The van der Waals surface area contributed by atoms with Crippen LogP contribution in [0.25, 0.3) is 0 Å². The number of aliphatic carboxylic acids is 1. The number of carbonyl (C=O) groups is 4. The van der Waals surface area contributed by atoms with E-state index in [2.05, 4.69) is 6.92 Å². The molecular weight excluding hydrogens is 456 g/mol. The number of hydrogen-bond donors (Lipinski definition) is 1. The molecule has 2 heterocycles. The monoisotopic (exact) mass is 506 g/mol. The average Bonchev–Trinajstić information content (AvgIpc) is 3.55. The van der Waals surface area contributed by atoms with Crippen molar-refractivity contribution in [3.63, 3.8) is 0 Å². The van der Waals surface area contributed by atoms with Crippen molar-refractivity contribution in [1.29, 1.82) is 0 Å². The first-order chi connectivity index (χ1) is 17.5. The number of unbranched alkanes of at least 4 members (excludes halogenated alkanes) is 12. The van der Waals surface area contributed by atoms with Crippen LogP contribution in [0.4, 0.5) is 0 Å². The smallest absolute Gasteiger partial charge is 0.303 e. The first-order valence-corrected chi connectivity index (χ1v) is 14.8. The standard InChI is InChI=1S/C29H50N2O5/c1-2-3-4-5-6-7-8-9-10-11-12-13-14-19-27(33)30-22-16-18-25(30)29(36)31-23-15-17-24(31)26(32)20-21-28(34)35/h24-25H,2-23H2,1H3,(H,34,35)/t24-,25-/m0/s1. The number of carboxylic acid groups (broad SMARTS) is 1. The van der Waals surface area contributed by atoms with Gasteiger partial charge in [0, 0.05) is 25.9 Å². The van der Waals surface area contributed by atoms with E-state index in [-0.39, 0.29) is 30.4 Å². The van der Waals surface area contributed by atoms with Crippen molar-refractivity contribution in [2.24, 2.45) is 0 Å². The van der Waals surface area contributed by atoms with Crippen molar-refractivity contribution in [3.05, 3.63) is 0 Å². The van der Waals surface area contributed by atoms with Gasteiger partial charge in [0.1, 0.15) is 6.04 Å². The van der Waals surface area contributed by atoms with Gasteiger partial charge in [-0.25, -0.2) is 0 Å². The molecule has 2 aliphatic rings. The molecule has 2 aliphatic heterocycles. The van der Waals surface area contributed by atoms with E-state index < -0.39 is 18.1 Å². The van der Waals surface area contributed by atoms with E-state index in [1.807, 2.05) is 0 Å². The highest BCUT2D eigenvalue weighted by Gasteiger charge is 2.41. The van der Waals surface area contributed by atoms with Gasteiger partial charge in [-0.3, -0.25) is 19.2 Å². The molecule has 7 heteroatoms. The number of ketones is 1. The molecule has 2 fully saturated rings. The average molecular weight is 507 g/mol. The number of rotatable bonds is 19. The Balaban J connectivity index is 1.62. The van der Waals surface area contributed by atoms with Crippen LogP contribution in [0.5, 0.6) is 0 Å². The molecule has 0 aromatic heterocycles. The summed E-state index contributed by atoms with van der Waals surface area (Å²) in [7, 11) is 0. The lowest BCUT2D eigenvalue weighted by Crippen LogP contribution is -2.51. The summed E-state index contributed by atoms with van der Waals surface area (Å²) in [6.45, 7) is 3.38. The minimum Gasteiger partial charge on any atom is -0.481 e. The molecule has 0 aromatic carbocycles. The maximum absolute atomic E-state index is 13.3. The lowest BCUT2D eigenvalue weighted by Gasteiger charge is -2.31. The molecule has 0 aliphatic carbocycles. The summed E-state index contributed by atoms with van der Waals surface area (Å²) in [5, 5.41) is 8.86. The highest BCUT2D eigenvalue weighted by molar-refractivity contribution is 5.94. The molecule has 0 radical (unpaired) electrons. The molecule has 7 nitrogen and oxygen atoms in total. The van der Waals surface area contributed by atoms with Crippen molar-refractivity contribution in [2.75, 3.05) is 13.1 Å². The lowest BCUT2D eigenvalue weighted by molar-refractivity contribution is -0.146. The molecule has 206 valence electrons. The van der Waals surface area contributed by atoms with Crippen LogP contribution in [0.1, 0.15) is 135 Å². The molecule has 0 saturated carbocycles. The number of hydrogen-bond acceptors (Lipinski definition) is 4. The number of carboxylic acids is 1. The zero-order valence-electron chi connectivity index (χ0n) is 22.7. The van der Waals surface area contributed by atoms with Crippen LogP contribution in [0.15, 0.2) is 0 Å². The molecule has 2 atom stereocenters. The van der Waals surface area contributed by atoms with E-state index in [9.17, 15) is 19.2 Å². The topological polar surface area (TPSA) is 95.0 Å². The molecule has 0 aromatic rings. The molecule has 2 saturated heterocycles. The Labute approximate surface area is 218 Å². The van der Waals surface area contributed by atoms with Crippen LogP contribution in [0.3, 0.4) is 0 Å². The molecule has 0 bridgehead atoms. The van der Waals surface area contributed by atoms with E-state index in [1.165, 1.54) is 70.6 Å². The van der Waals surface area contributed by atoms with Crippen LogP contribution in [-0.2, 0) is 19.2 Å². The van der Waals surface area contributed by atoms with Crippen molar-refractivity contribution < 1.29 is 24.3 Å². The predicted molar refractivity (Wildman–Crippen MR) is 142 cm³/mol. The molecule has 0 unspecified atom stereocenters. The van der Waals surface area contributed by atoms with E-state index in [4.69, 9.17) is 5.11 Å². The fourth-order valence-corrected chi connectivity index (χ4v) is 5.71. The first-order valence-electron chi connectivity index (χ1n) is 14.8. The van der Waals surface area contributed by atoms with Gasteiger partial charge in [-0.05, 0) is 32.1 Å². The van der Waals surface area contributed by atoms with Gasteiger partial charge in [0.25, 0.3) is 0 Å². The predicted octanol–water partition coefficient (Wildman–Crippen LogP) is 5.88. The quantitative estimate of drug-likeness (QED) is 0.221. The first kappa shape index (κ1) is 30.3. The van der Waals surface area contributed by atoms with E-state index in [0.29, 0.717) is 32.4 Å². The summed E-state index contributed by atoms with van der Waals surface area (Å²) in [5.41, 5.74) is 0. The Kier molecular flexibility index (Phi) is 14.7. The number of Topliss-reactive ketones (excluding diaryl/α,β-unsaturated/α-hetero) is 1. The summed E-state index contributed by atoms with van der Waals surface area (Å²) < 4.78 is 0. The van der Waals surface area contributed by atoms with Crippen LogP contribution < -0.4 is 0 Å². The molecule has 0 spiro atoms. The normalized spacial score (nSPS) is 19.7. The molecule has 2 rings (SSSR count). The Morgan fingerprint density at radius 2 is 1.14 bits per heavy atom. The Hall–Kier alpha value is -1.92. The minimum absolute atomic E-state index is 0.0455. The van der Waals surface area contributed by atoms with Gasteiger partial charge < -0.3 is 14.9 Å². The van der Waals surface area contributed by atoms with E-state index >= 15 is 0 Å². The third-order valence-electron chi connectivity index (χ3n) is 7.85. The third kappa shape index (κ3) is 10.6. The zero-order valence-corrected chi connectivity index (χ0v) is 22.7. The van der Waals surface area contributed by atoms with Gasteiger partial charge in [0.2, 0.25) is 11.8 Å². The van der Waals surface area contributed by atoms with E-state index in [1.54, 1.807) is 9.80 Å². The maximum atomic E-state index is 13.3. The number of nitrogens with zero attached hydrogens (tertiary/aromatic N) is 2. The fraction of sp³-hybridized carbons (Fsp3) is 0.862. The molecule has 36 heavy (non-hydrogen) atoms. The van der Waals surface area contributed by atoms with Crippen molar-refractivity contribution >= 4 is 23.6 Å². The van der Waals surface area contributed by atoms with Crippen molar-refractivity contribution in [3.8, 4) is 0 Å². The van der Waals surface area contributed by atoms with Gasteiger partial charge in [-0.15, -0.1) is 0 Å².